The van der Waals surface area contributed by atoms with Crippen molar-refractivity contribution in [3.8, 4) is 11.5 Å². The molecule has 0 bridgehead atoms. The molecule has 0 aliphatic carbocycles. The highest BCUT2D eigenvalue weighted by atomic mass is 35.5. The summed E-state index contributed by atoms with van der Waals surface area (Å²) in [6, 6.07) is 9.25. The Morgan fingerprint density at radius 1 is 1.03 bits per heavy atom. The monoisotopic (exact) mass is 432 g/mol. The molecule has 0 atom stereocenters. The fraction of sp³-hybridized carbons (Fsp3) is 0.368. The molecular formula is C19H21ClN6O4. The van der Waals surface area contributed by atoms with E-state index in [4.69, 9.17) is 13.9 Å². The minimum atomic E-state index is -0.0673. The van der Waals surface area contributed by atoms with Crippen molar-refractivity contribution in [2.24, 2.45) is 0 Å². The summed E-state index contributed by atoms with van der Waals surface area (Å²) >= 11 is 0. The van der Waals surface area contributed by atoms with E-state index in [9.17, 15) is 4.79 Å². The number of benzene rings is 1. The topological polar surface area (TPSA) is 98.8 Å². The maximum Gasteiger partial charge on any atom is 0.289 e. The van der Waals surface area contributed by atoms with Crippen molar-refractivity contribution < 1.29 is 18.7 Å². The lowest BCUT2D eigenvalue weighted by Gasteiger charge is -2.33. The van der Waals surface area contributed by atoms with Gasteiger partial charge in [-0.05, 0) is 40.3 Å². The van der Waals surface area contributed by atoms with Gasteiger partial charge in [-0.25, -0.2) is 4.68 Å². The quantitative estimate of drug-likeness (QED) is 0.597. The molecule has 1 fully saturated rings. The summed E-state index contributed by atoms with van der Waals surface area (Å²) in [5.74, 6) is 2.60. The van der Waals surface area contributed by atoms with Crippen LogP contribution in [0.2, 0.25) is 0 Å². The van der Waals surface area contributed by atoms with Gasteiger partial charge < -0.3 is 18.8 Å². The van der Waals surface area contributed by atoms with Crippen molar-refractivity contribution in [2.45, 2.75) is 13.1 Å². The van der Waals surface area contributed by atoms with Crippen LogP contribution < -0.4 is 9.47 Å². The van der Waals surface area contributed by atoms with Gasteiger partial charge in [0.1, 0.15) is 0 Å². The summed E-state index contributed by atoms with van der Waals surface area (Å²) in [7, 11) is 0. The molecule has 158 valence electrons. The van der Waals surface area contributed by atoms with Crippen LogP contribution in [0.4, 0.5) is 0 Å². The zero-order valence-corrected chi connectivity index (χ0v) is 17.0. The van der Waals surface area contributed by atoms with Crippen LogP contribution in [0, 0.1) is 0 Å². The number of ether oxygens (including phenoxy) is 2. The molecule has 2 aliphatic heterocycles. The molecule has 5 rings (SSSR count). The predicted octanol–water partition coefficient (Wildman–Crippen LogP) is 1.42. The van der Waals surface area contributed by atoms with E-state index in [0.717, 1.165) is 36.0 Å². The number of fused-ring (bicyclic) bond motifs is 1. The van der Waals surface area contributed by atoms with Crippen molar-refractivity contribution in [3.05, 3.63) is 53.7 Å². The van der Waals surface area contributed by atoms with E-state index >= 15 is 0 Å². The second-order valence-corrected chi connectivity index (χ2v) is 6.99. The zero-order chi connectivity index (χ0) is 19.6. The predicted molar refractivity (Wildman–Crippen MR) is 107 cm³/mol. The van der Waals surface area contributed by atoms with E-state index in [1.54, 1.807) is 16.8 Å². The molecule has 3 aromatic rings. The number of furan rings is 1. The van der Waals surface area contributed by atoms with Crippen molar-refractivity contribution >= 4 is 18.3 Å². The van der Waals surface area contributed by atoms with E-state index < -0.39 is 0 Å². The number of piperazine rings is 1. The van der Waals surface area contributed by atoms with Crippen LogP contribution in [0.25, 0.3) is 0 Å². The summed E-state index contributed by atoms with van der Waals surface area (Å²) in [5, 5.41) is 12.1. The lowest BCUT2D eigenvalue weighted by atomic mass is 10.2. The van der Waals surface area contributed by atoms with Crippen LogP contribution in [0.1, 0.15) is 21.9 Å². The third-order valence-corrected chi connectivity index (χ3v) is 5.13. The molecular weight excluding hydrogens is 412 g/mol. The zero-order valence-electron chi connectivity index (χ0n) is 16.1. The summed E-state index contributed by atoms with van der Waals surface area (Å²) < 4.78 is 17.8. The molecule has 11 heteroatoms. The summed E-state index contributed by atoms with van der Waals surface area (Å²) in [5.41, 5.74) is 1.04. The molecule has 0 saturated carbocycles. The number of rotatable bonds is 5. The average molecular weight is 433 g/mol. The molecule has 10 nitrogen and oxygen atoms in total. The van der Waals surface area contributed by atoms with E-state index in [-0.39, 0.29) is 25.1 Å². The normalized spacial score (nSPS) is 15.8. The number of amides is 1. The third kappa shape index (κ3) is 4.10. The number of hydrogen-bond acceptors (Lipinski definition) is 8. The molecule has 1 amide bonds. The fourth-order valence-electron chi connectivity index (χ4n) is 3.54. The van der Waals surface area contributed by atoms with Gasteiger partial charge in [0, 0.05) is 26.2 Å². The van der Waals surface area contributed by atoms with Gasteiger partial charge in [0.2, 0.25) is 6.79 Å². The minimum absolute atomic E-state index is 0. The molecule has 0 N–H and O–H groups in total. The van der Waals surface area contributed by atoms with Crippen molar-refractivity contribution in [3.63, 3.8) is 0 Å². The highest BCUT2D eigenvalue weighted by Crippen LogP contribution is 2.32. The molecule has 2 aromatic heterocycles. The van der Waals surface area contributed by atoms with Crippen molar-refractivity contribution in [1.29, 1.82) is 0 Å². The first kappa shape index (κ1) is 20.2. The first-order valence-corrected chi connectivity index (χ1v) is 9.45. The molecule has 0 spiro atoms. The van der Waals surface area contributed by atoms with Gasteiger partial charge in [0.05, 0.1) is 19.4 Å². The van der Waals surface area contributed by atoms with Crippen molar-refractivity contribution in [2.75, 3.05) is 33.0 Å². The summed E-state index contributed by atoms with van der Waals surface area (Å²) in [4.78, 5) is 16.4. The lowest BCUT2D eigenvalue weighted by Crippen LogP contribution is -2.48. The van der Waals surface area contributed by atoms with Crippen LogP contribution in [0.15, 0.2) is 41.0 Å². The number of nitrogens with zero attached hydrogens (tertiary/aromatic N) is 6. The second kappa shape index (κ2) is 8.72. The van der Waals surface area contributed by atoms with E-state index in [1.807, 2.05) is 23.1 Å². The van der Waals surface area contributed by atoms with Gasteiger partial charge in [-0.2, -0.15) is 0 Å². The van der Waals surface area contributed by atoms with Gasteiger partial charge >= 0.3 is 0 Å². The molecule has 2 aliphatic rings. The molecule has 1 aromatic carbocycles. The second-order valence-electron chi connectivity index (χ2n) is 6.99. The highest BCUT2D eigenvalue weighted by Gasteiger charge is 2.25. The molecule has 1 saturated heterocycles. The van der Waals surface area contributed by atoms with Gasteiger partial charge in [-0.1, -0.05) is 6.07 Å². The first-order valence-electron chi connectivity index (χ1n) is 9.45. The molecule has 4 heterocycles. The number of aromatic nitrogens is 4. The third-order valence-electron chi connectivity index (χ3n) is 5.13. The van der Waals surface area contributed by atoms with Gasteiger partial charge in [-0.3, -0.25) is 9.69 Å². The summed E-state index contributed by atoms with van der Waals surface area (Å²) in [6.45, 7) is 4.22. The lowest BCUT2D eigenvalue weighted by molar-refractivity contribution is 0.0593. The van der Waals surface area contributed by atoms with Crippen LogP contribution >= 0.6 is 12.4 Å². The van der Waals surface area contributed by atoms with E-state index in [1.165, 1.54) is 6.26 Å². The fourth-order valence-corrected chi connectivity index (χ4v) is 3.54. The SMILES string of the molecule is Cl.O=C(c1ccco1)N1CCN(Cc2nnnn2Cc2ccc3c(c2)OCO3)CC1. The number of hydrogen-bond donors (Lipinski definition) is 0. The number of tetrazole rings is 1. The number of carbonyl (C=O) groups excluding carboxylic acids is 1. The first-order chi connectivity index (χ1) is 14.3. The largest absolute Gasteiger partial charge is 0.459 e. The maximum atomic E-state index is 12.4. The standard InChI is InChI=1S/C19H20N6O4.ClH/c26-19(16-2-1-9-27-16)24-7-5-23(6-8-24)12-18-20-21-22-25(18)11-14-3-4-15-17(10-14)29-13-28-15;/h1-4,9-10H,5-8,11-13H2;1H. The average Bonchev–Trinajstić information content (AvgIpc) is 3.50. The Labute approximate surface area is 178 Å². The molecule has 0 radical (unpaired) electrons. The van der Waals surface area contributed by atoms with Gasteiger partial charge in [0.25, 0.3) is 5.91 Å². The van der Waals surface area contributed by atoms with E-state index in [0.29, 0.717) is 31.9 Å². The van der Waals surface area contributed by atoms with Crippen LogP contribution in [-0.2, 0) is 13.1 Å². The summed E-state index contributed by atoms with van der Waals surface area (Å²) in [6.07, 6.45) is 1.52. The van der Waals surface area contributed by atoms with Crippen LogP contribution in [0.5, 0.6) is 11.5 Å². The molecule has 30 heavy (non-hydrogen) atoms. The minimum Gasteiger partial charge on any atom is -0.459 e. The number of halogens is 1. The van der Waals surface area contributed by atoms with Gasteiger partial charge in [-0.15, -0.1) is 17.5 Å². The smallest absolute Gasteiger partial charge is 0.289 e. The van der Waals surface area contributed by atoms with E-state index in [2.05, 4.69) is 20.4 Å². The Hall–Kier alpha value is -3.11. The number of carbonyl (C=O) groups is 1. The Morgan fingerprint density at radius 2 is 1.87 bits per heavy atom. The van der Waals surface area contributed by atoms with Gasteiger partial charge in [0.15, 0.2) is 23.1 Å². The van der Waals surface area contributed by atoms with Crippen LogP contribution in [0.3, 0.4) is 0 Å². The van der Waals surface area contributed by atoms with Crippen LogP contribution in [-0.4, -0.2) is 68.9 Å². The highest BCUT2D eigenvalue weighted by molar-refractivity contribution is 5.91. The Morgan fingerprint density at radius 3 is 2.67 bits per heavy atom. The molecule has 0 unspecified atom stereocenters. The maximum absolute atomic E-state index is 12.4. The Kier molecular flexibility index (Phi) is 5.86. The van der Waals surface area contributed by atoms with Crippen molar-refractivity contribution in [1.82, 2.24) is 30.0 Å². The Bertz CT molecular complexity index is 1000. The Balaban J connectivity index is 0.00000218.